The number of rotatable bonds is 5. The van der Waals surface area contributed by atoms with E-state index in [9.17, 15) is 9.50 Å². The third-order valence-electron chi connectivity index (χ3n) is 2.48. The highest BCUT2D eigenvalue weighted by atomic mass is 32.1. The van der Waals surface area contributed by atoms with Gasteiger partial charge in [-0.15, -0.1) is 11.3 Å². The summed E-state index contributed by atoms with van der Waals surface area (Å²) in [5.41, 5.74) is 0.478. The normalized spacial score (nSPS) is 12.4. The third-order valence-corrected chi connectivity index (χ3v) is 3.45. The molecule has 2 N–H and O–H groups in total. The molecule has 0 saturated carbocycles. The second-order valence-corrected chi connectivity index (χ2v) is 4.71. The summed E-state index contributed by atoms with van der Waals surface area (Å²) >= 11 is 1.53. The van der Waals surface area contributed by atoms with Crippen LogP contribution in [-0.2, 0) is 0 Å². The molecule has 2 aromatic rings. The highest BCUT2D eigenvalue weighted by molar-refractivity contribution is 7.10. The number of thiophene rings is 1. The molecule has 1 aromatic heterocycles. The summed E-state index contributed by atoms with van der Waals surface area (Å²) < 4.78 is 13.3. The van der Waals surface area contributed by atoms with Crippen molar-refractivity contribution in [2.24, 2.45) is 0 Å². The van der Waals surface area contributed by atoms with Crippen LogP contribution in [-0.4, -0.2) is 11.7 Å². The minimum atomic E-state index is -0.478. The van der Waals surface area contributed by atoms with Crippen LogP contribution in [0.2, 0.25) is 0 Å². The largest absolute Gasteiger partial charge is 0.388 e. The smallest absolute Gasteiger partial charge is 0.146 e. The zero-order valence-corrected chi connectivity index (χ0v) is 10.1. The molecule has 1 aromatic carbocycles. The quantitative estimate of drug-likeness (QED) is 0.853. The fraction of sp³-hybridized carbons (Fsp3) is 0.231. The molecule has 17 heavy (non-hydrogen) atoms. The predicted octanol–water partition coefficient (Wildman–Crippen LogP) is 3.42. The molecule has 0 spiro atoms. The fourth-order valence-electron chi connectivity index (χ4n) is 1.57. The minimum absolute atomic E-state index is 0.266. The summed E-state index contributed by atoms with van der Waals surface area (Å²) in [7, 11) is 0. The summed E-state index contributed by atoms with van der Waals surface area (Å²) in [5.74, 6) is -0.266. The maximum atomic E-state index is 13.3. The second kappa shape index (κ2) is 5.80. The first kappa shape index (κ1) is 12.1. The Balaban J connectivity index is 1.82. The first-order valence-corrected chi connectivity index (χ1v) is 6.35. The number of halogens is 1. The standard InChI is InChI=1S/C13H14FNOS/c14-10-4-1-2-5-11(10)15-8-7-12(16)13-6-3-9-17-13/h1-6,9,12,15-16H,7-8H2. The Bertz CT molecular complexity index is 458. The van der Waals surface area contributed by atoms with Gasteiger partial charge in [0, 0.05) is 11.4 Å². The molecule has 0 amide bonds. The Labute approximate surface area is 104 Å². The first-order chi connectivity index (χ1) is 8.27. The van der Waals surface area contributed by atoms with Gasteiger partial charge in [-0.25, -0.2) is 4.39 Å². The van der Waals surface area contributed by atoms with Crippen molar-refractivity contribution in [3.8, 4) is 0 Å². The lowest BCUT2D eigenvalue weighted by atomic mass is 10.2. The van der Waals surface area contributed by atoms with Crippen LogP contribution >= 0.6 is 11.3 Å². The van der Waals surface area contributed by atoms with Crippen LogP contribution in [0.1, 0.15) is 17.4 Å². The van der Waals surface area contributed by atoms with Crippen molar-refractivity contribution >= 4 is 17.0 Å². The number of anilines is 1. The molecule has 4 heteroatoms. The molecule has 2 nitrogen and oxygen atoms in total. The molecule has 0 bridgehead atoms. The van der Waals surface area contributed by atoms with Gasteiger partial charge in [0.2, 0.25) is 0 Å². The van der Waals surface area contributed by atoms with Crippen LogP contribution in [0.25, 0.3) is 0 Å². The van der Waals surface area contributed by atoms with Crippen molar-refractivity contribution in [1.82, 2.24) is 0 Å². The maximum absolute atomic E-state index is 13.3. The van der Waals surface area contributed by atoms with Gasteiger partial charge in [0.05, 0.1) is 11.8 Å². The van der Waals surface area contributed by atoms with E-state index >= 15 is 0 Å². The molecule has 0 aliphatic heterocycles. The summed E-state index contributed by atoms with van der Waals surface area (Å²) in [6.45, 7) is 0.542. The van der Waals surface area contributed by atoms with Crippen LogP contribution in [0.15, 0.2) is 41.8 Å². The number of aliphatic hydroxyl groups is 1. The molecular formula is C13H14FNOS. The van der Waals surface area contributed by atoms with E-state index in [2.05, 4.69) is 5.32 Å². The van der Waals surface area contributed by atoms with Gasteiger partial charge >= 0.3 is 0 Å². The average Bonchev–Trinajstić information content (AvgIpc) is 2.85. The molecular weight excluding hydrogens is 237 g/mol. The summed E-state index contributed by atoms with van der Waals surface area (Å²) in [6, 6.07) is 10.3. The topological polar surface area (TPSA) is 32.3 Å². The Morgan fingerprint density at radius 1 is 1.24 bits per heavy atom. The van der Waals surface area contributed by atoms with Crippen LogP contribution in [0, 0.1) is 5.82 Å². The van der Waals surface area contributed by atoms with Gasteiger partial charge in [-0.05, 0) is 30.0 Å². The van der Waals surface area contributed by atoms with E-state index in [0.29, 0.717) is 18.7 Å². The van der Waals surface area contributed by atoms with Gasteiger partial charge in [-0.1, -0.05) is 18.2 Å². The Morgan fingerprint density at radius 3 is 2.76 bits per heavy atom. The van der Waals surface area contributed by atoms with E-state index in [0.717, 1.165) is 4.88 Å². The van der Waals surface area contributed by atoms with Gasteiger partial charge in [-0.2, -0.15) is 0 Å². The summed E-state index contributed by atoms with van der Waals surface area (Å²) in [4.78, 5) is 0.945. The van der Waals surface area contributed by atoms with Crippen molar-refractivity contribution in [3.63, 3.8) is 0 Å². The maximum Gasteiger partial charge on any atom is 0.146 e. The molecule has 0 saturated heterocycles. The van der Waals surface area contributed by atoms with Crippen LogP contribution in [0.3, 0.4) is 0 Å². The molecule has 0 fully saturated rings. The number of hydrogen-bond donors (Lipinski definition) is 2. The monoisotopic (exact) mass is 251 g/mol. The molecule has 2 rings (SSSR count). The van der Waals surface area contributed by atoms with Crippen molar-refractivity contribution in [2.45, 2.75) is 12.5 Å². The average molecular weight is 251 g/mol. The van der Waals surface area contributed by atoms with Gasteiger partial charge in [0.25, 0.3) is 0 Å². The predicted molar refractivity (Wildman–Crippen MR) is 68.8 cm³/mol. The number of benzene rings is 1. The third kappa shape index (κ3) is 3.28. The van der Waals surface area contributed by atoms with E-state index in [4.69, 9.17) is 0 Å². The molecule has 0 aliphatic rings. The number of aliphatic hydroxyl groups excluding tert-OH is 1. The highest BCUT2D eigenvalue weighted by Gasteiger charge is 2.08. The lowest BCUT2D eigenvalue weighted by Gasteiger charge is -2.10. The number of hydrogen-bond acceptors (Lipinski definition) is 3. The highest BCUT2D eigenvalue weighted by Crippen LogP contribution is 2.22. The van der Waals surface area contributed by atoms with Crippen molar-refractivity contribution in [3.05, 3.63) is 52.5 Å². The van der Waals surface area contributed by atoms with Crippen LogP contribution in [0.4, 0.5) is 10.1 Å². The molecule has 1 unspecified atom stereocenters. The summed E-state index contributed by atoms with van der Waals surface area (Å²) in [6.07, 6.45) is 0.0868. The minimum Gasteiger partial charge on any atom is -0.388 e. The summed E-state index contributed by atoms with van der Waals surface area (Å²) in [5, 5.41) is 14.7. The van der Waals surface area contributed by atoms with E-state index in [1.165, 1.54) is 17.4 Å². The SMILES string of the molecule is OC(CCNc1ccccc1F)c1cccs1. The zero-order chi connectivity index (χ0) is 12.1. The molecule has 1 atom stereocenters. The van der Waals surface area contributed by atoms with E-state index in [1.807, 2.05) is 17.5 Å². The van der Waals surface area contributed by atoms with Gasteiger partial charge < -0.3 is 10.4 Å². The van der Waals surface area contributed by atoms with Gasteiger partial charge in [0.15, 0.2) is 0 Å². The lowest BCUT2D eigenvalue weighted by molar-refractivity contribution is 0.175. The van der Waals surface area contributed by atoms with E-state index in [1.54, 1.807) is 18.2 Å². The van der Waals surface area contributed by atoms with E-state index in [-0.39, 0.29) is 5.82 Å². The number of para-hydroxylation sites is 1. The van der Waals surface area contributed by atoms with Gasteiger partial charge in [0.1, 0.15) is 5.82 Å². The molecule has 0 aliphatic carbocycles. The fourth-order valence-corrected chi connectivity index (χ4v) is 2.32. The molecule has 0 radical (unpaired) electrons. The van der Waals surface area contributed by atoms with Gasteiger partial charge in [-0.3, -0.25) is 0 Å². The van der Waals surface area contributed by atoms with E-state index < -0.39 is 6.10 Å². The van der Waals surface area contributed by atoms with Crippen molar-refractivity contribution < 1.29 is 9.50 Å². The Morgan fingerprint density at radius 2 is 2.06 bits per heavy atom. The molecule has 90 valence electrons. The van der Waals surface area contributed by atoms with Crippen LogP contribution < -0.4 is 5.32 Å². The first-order valence-electron chi connectivity index (χ1n) is 5.47. The zero-order valence-electron chi connectivity index (χ0n) is 9.27. The lowest BCUT2D eigenvalue weighted by Crippen LogP contribution is -2.07. The Kier molecular flexibility index (Phi) is 4.12. The van der Waals surface area contributed by atoms with Crippen LogP contribution in [0.5, 0.6) is 0 Å². The van der Waals surface area contributed by atoms with Crippen molar-refractivity contribution in [1.29, 1.82) is 0 Å². The van der Waals surface area contributed by atoms with Crippen molar-refractivity contribution in [2.75, 3.05) is 11.9 Å². The Hall–Kier alpha value is -1.39. The number of nitrogens with one attached hydrogen (secondary N) is 1. The molecule has 1 heterocycles. The second-order valence-electron chi connectivity index (χ2n) is 3.73.